The van der Waals surface area contributed by atoms with Crippen molar-refractivity contribution in [1.29, 1.82) is 0 Å². The van der Waals surface area contributed by atoms with Gasteiger partial charge in [0.05, 0.1) is 11.9 Å². The molecule has 0 saturated heterocycles. The SMILES string of the molecule is CCc1c(CCN)cnn1-c1ccccc1. The fraction of sp³-hybridized carbons (Fsp3) is 0.308. The van der Waals surface area contributed by atoms with Crippen molar-refractivity contribution < 1.29 is 0 Å². The van der Waals surface area contributed by atoms with Gasteiger partial charge in [-0.3, -0.25) is 0 Å². The molecular weight excluding hydrogens is 198 g/mol. The van der Waals surface area contributed by atoms with E-state index in [4.69, 9.17) is 5.73 Å². The molecule has 0 aliphatic heterocycles. The Morgan fingerprint density at radius 3 is 2.62 bits per heavy atom. The summed E-state index contributed by atoms with van der Waals surface area (Å²) in [6.07, 6.45) is 3.80. The van der Waals surface area contributed by atoms with Gasteiger partial charge in [0.25, 0.3) is 0 Å². The second kappa shape index (κ2) is 4.94. The fourth-order valence-corrected chi connectivity index (χ4v) is 1.94. The van der Waals surface area contributed by atoms with E-state index in [9.17, 15) is 0 Å². The van der Waals surface area contributed by atoms with Crippen LogP contribution in [-0.4, -0.2) is 16.3 Å². The minimum Gasteiger partial charge on any atom is -0.330 e. The molecule has 0 amide bonds. The molecule has 0 aliphatic carbocycles. The zero-order valence-electron chi connectivity index (χ0n) is 9.56. The minimum atomic E-state index is 0.674. The molecule has 2 rings (SSSR count). The van der Waals surface area contributed by atoms with Crippen molar-refractivity contribution >= 4 is 0 Å². The third-order valence-corrected chi connectivity index (χ3v) is 2.70. The fourth-order valence-electron chi connectivity index (χ4n) is 1.94. The molecule has 84 valence electrons. The lowest BCUT2D eigenvalue weighted by molar-refractivity contribution is 0.805. The summed E-state index contributed by atoms with van der Waals surface area (Å²) >= 11 is 0. The highest BCUT2D eigenvalue weighted by molar-refractivity contribution is 5.35. The summed E-state index contributed by atoms with van der Waals surface area (Å²) in [5.41, 5.74) is 9.23. The summed E-state index contributed by atoms with van der Waals surface area (Å²) < 4.78 is 2.00. The van der Waals surface area contributed by atoms with Crippen LogP contribution < -0.4 is 5.73 Å². The summed E-state index contributed by atoms with van der Waals surface area (Å²) in [6, 6.07) is 10.2. The number of benzene rings is 1. The standard InChI is InChI=1S/C13H17N3/c1-2-13-11(8-9-14)10-15-16(13)12-6-4-3-5-7-12/h3-7,10H,2,8-9,14H2,1H3. The molecule has 3 nitrogen and oxygen atoms in total. The first-order valence-corrected chi connectivity index (χ1v) is 5.68. The van der Waals surface area contributed by atoms with Crippen molar-refractivity contribution in [3.63, 3.8) is 0 Å². The molecule has 2 aromatic rings. The zero-order valence-corrected chi connectivity index (χ0v) is 9.56. The Morgan fingerprint density at radius 2 is 2.00 bits per heavy atom. The van der Waals surface area contributed by atoms with Crippen LogP contribution in [0.1, 0.15) is 18.2 Å². The van der Waals surface area contributed by atoms with Crippen LogP contribution in [0.3, 0.4) is 0 Å². The number of rotatable bonds is 4. The molecule has 0 aliphatic rings. The van der Waals surface area contributed by atoms with Crippen molar-refractivity contribution in [3.05, 3.63) is 47.8 Å². The number of aromatic nitrogens is 2. The predicted molar refractivity (Wildman–Crippen MR) is 65.7 cm³/mol. The maximum absolute atomic E-state index is 5.60. The van der Waals surface area contributed by atoms with Gasteiger partial charge in [-0.1, -0.05) is 25.1 Å². The molecule has 0 fully saturated rings. The third kappa shape index (κ3) is 1.99. The van der Waals surface area contributed by atoms with Gasteiger partial charge < -0.3 is 5.73 Å². The zero-order chi connectivity index (χ0) is 11.4. The summed E-state index contributed by atoms with van der Waals surface area (Å²) in [7, 11) is 0. The predicted octanol–water partition coefficient (Wildman–Crippen LogP) is 1.94. The van der Waals surface area contributed by atoms with Gasteiger partial charge in [0.2, 0.25) is 0 Å². The molecule has 2 N–H and O–H groups in total. The first kappa shape index (κ1) is 10.9. The van der Waals surface area contributed by atoms with Crippen LogP contribution in [0, 0.1) is 0 Å². The first-order valence-electron chi connectivity index (χ1n) is 5.68. The van der Waals surface area contributed by atoms with Gasteiger partial charge >= 0.3 is 0 Å². The van der Waals surface area contributed by atoms with Gasteiger partial charge in [-0.2, -0.15) is 5.10 Å². The molecule has 0 bridgehead atoms. The highest BCUT2D eigenvalue weighted by atomic mass is 15.3. The average Bonchev–Trinajstić information content (AvgIpc) is 2.73. The molecule has 1 aromatic carbocycles. The van der Waals surface area contributed by atoms with Crippen LogP contribution in [-0.2, 0) is 12.8 Å². The van der Waals surface area contributed by atoms with Crippen molar-refractivity contribution in [1.82, 2.24) is 9.78 Å². The highest BCUT2D eigenvalue weighted by Crippen LogP contribution is 2.15. The summed E-state index contributed by atoms with van der Waals surface area (Å²) in [5, 5.41) is 4.44. The monoisotopic (exact) mass is 215 g/mol. The van der Waals surface area contributed by atoms with Crippen LogP contribution >= 0.6 is 0 Å². The van der Waals surface area contributed by atoms with Gasteiger partial charge in [-0.15, -0.1) is 0 Å². The molecule has 0 saturated carbocycles. The molecule has 0 atom stereocenters. The lowest BCUT2D eigenvalue weighted by Crippen LogP contribution is -2.06. The molecule has 3 heteroatoms. The first-order chi connectivity index (χ1) is 7.86. The van der Waals surface area contributed by atoms with Gasteiger partial charge in [0.15, 0.2) is 0 Å². The maximum Gasteiger partial charge on any atom is 0.0648 e. The molecule has 16 heavy (non-hydrogen) atoms. The normalized spacial score (nSPS) is 10.6. The topological polar surface area (TPSA) is 43.8 Å². The smallest absolute Gasteiger partial charge is 0.0648 e. The lowest BCUT2D eigenvalue weighted by Gasteiger charge is -2.07. The molecule has 1 aromatic heterocycles. The van der Waals surface area contributed by atoms with Gasteiger partial charge in [0, 0.05) is 5.69 Å². The Kier molecular flexibility index (Phi) is 3.37. The van der Waals surface area contributed by atoms with Crippen LogP contribution in [0.2, 0.25) is 0 Å². The average molecular weight is 215 g/mol. The molecule has 0 radical (unpaired) electrons. The molecule has 0 spiro atoms. The van der Waals surface area contributed by atoms with Crippen LogP contribution in [0.15, 0.2) is 36.5 Å². The largest absolute Gasteiger partial charge is 0.330 e. The lowest BCUT2D eigenvalue weighted by atomic mass is 10.1. The van der Waals surface area contributed by atoms with Gasteiger partial charge in [0.1, 0.15) is 0 Å². The molecule has 0 unspecified atom stereocenters. The summed E-state index contributed by atoms with van der Waals surface area (Å²) in [5.74, 6) is 0. The minimum absolute atomic E-state index is 0.674. The Hall–Kier alpha value is -1.61. The van der Waals surface area contributed by atoms with Crippen LogP contribution in [0.25, 0.3) is 5.69 Å². The van der Waals surface area contributed by atoms with Gasteiger partial charge in [-0.25, -0.2) is 4.68 Å². The van der Waals surface area contributed by atoms with Crippen molar-refractivity contribution in [2.75, 3.05) is 6.54 Å². The number of nitrogens with zero attached hydrogens (tertiary/aromatic N) is 2. The number of hydrogen-bond acceptors (Lipinski definition) is 2. The van der Waals surface area contributed by atoms with Crippen LogP contribution in [0.5, 0.6) is 0 Å². The van der Waals surface area contributed by atoms with Crippen molar-refractivity contribution in [3.8, 4) is 5.69 Å². The van der Waals surface area contributed by atoms with E-state index >= 15 is 0 Å². The number of para-hydroxylation sites is 1. The number of hydrogen-bond donors (Lipinski definition) is 1. The maximum atomic E-state index is 5.60. The van der Waals surface area contributed by atoms with Crippen LogP contribution in [0.4, 0.5) is 0 Å². The van der Waals surface area contributed by atoms with E-state index in [1.54, 1.807) is 0 Å². The quantitative estimate of drug-likeness (QED) is 0.847. The molecular formula is C13H17N3. The Bertz CT molecular complexity index is 445. The highest BCUT2D eigenvalue weighted by Gasteiger charge is 2.09. The summed E-state index contributed by atoms with van der Waals surface area (Å²) in [6.45, 7) is 2.82. The van der Waals surface area contributed by atoms with E-state index in [2.05, 4.69) is 24.2 Å². The molecule has 1 heterocycles. The van der Waals surface area contributed by atoms with Crippen molar-refractivity contribution in [2.24, 2.45) is 5.73 Å². The second-order valence-corrected chi connectivity index (χ2v) is 3.76. The summed E-state index contributed by atoms with van der Waals surface area (Å²) in [4.78, 5) is 0. The van der Waals surface area contributed by atoms with Crippen molar-refractivity contribution in [2.45, 2.75) is 19.8 Å². The van der Waals surface area contributed by atoms with E-state index in [1.165, 1.54) is 11.3 Å². The Balaban J connectivity index is 2.42. The third-order valence-electron chi connectivity index (χ3n) is 2.70. The van der Waals surface area contributed by atoms with E-state index in [0.29, 0.717) is 6.54 Å². The van der Waals surface area contributed by atoms with E-state index in [-0.39, 0.29) is 0 Å². The number of nitrogens with two attached hydrogens (primary N) is 1. The Labute approximate surface area is 95.9 Å². The van der Waals surface area contributed by atoms with E-state index in [1.807, 2.05) is 29.1 Å². The second-order valence-electron chi connectivity index (χ2n) is 3.76. The van der Waals surface area contributed by atoms with E-state index in [0.717, 1.165) is 18.5 Å². The van der Waals surface area contributed by atoms with E-state index < -0.39 is 0 Å². The van der Waals surface area contributed by atoms with Gasteiger partial charge in [-0.05, 0) is 37.1 Å². The Morgan fingerprint density at radius 1 is 1.25 bits per heavy atom.